The molecule has 13 heavy (non-hydrogen) atoms. The van der Waals surface area contributed by atoms with Crippen molar-refractivity contribution >= 4 is 5.78 Å². The minimum atomic E-state index is -2.58. The molecule has 0 unspecified atom stereocenters. The first-order chi connectivity index (χ1) is 6.04. The molecule has 0 aliphatic carbocycles. The molecule has 1 rings (SSSR count). The van der Waals surface area contributed by atoms with Gasteiger partial charge in [0.25, 0.3) is 6.43 Å². The molecular weight excluding hydrogens is 174 g/mol. The van der Waals surface area contributed by atoms with Crippen LogP contribution in [0.1, 0.15) is 34.8 Å². The third-order valence-electron chi connectivity index (χ3n) is 1.92. The van der Waals surface area contributed by atoms with Crippen LogP contribution < -0.4 is 0 Å². The van der Waals surface area contributed by atoms with Crippen molar-refractivity contribution in [2.24, 2.45) is 0 Å². The molecule has 70 valence electrons. The maximum Gasteiger partial charge on any atom is 0.264 e. The lowest BCUT2D eigenvalue weighted by Gasteiger charge is -2.08. The predicted octanol–water partition coefficient (Wildman–Crippen LogP) is 3.14. The van der Waals surface area contributed by atoms with Gasteiger partial charge in [-0.05, 0) is 19.4 Å². The van der Waals surface area contributed by atoms with Crippen molar-refractivity contribution < 1.29 is 13.6 Å². The predicted molar refractivity (Wildman–Crippen MR) is 46.1 cm³/mol. The van der Waals surface area contributed by atoms with E-state index in [0.717, 1.165) is 0 Å². The molecule has 0 saturated heterocycles. The van der Waals surface area contributed by atoms with Crippen molar-refractivity contribution in [2.45, 2.75) is 20.3 Å². The first kappa shape index (κ1) is 9.84. The number of carbonyl (C=O) groups excluding carboxylic acids is 1. The standard InChI is InChI=1S/C10H10F2O/c1-6-4-3-5-8(7(2)13)9(6)10(11)12/h3-5,10H,1-2H3. The lowest BCUT2D eigenvalue weighted by molar-refractivity contribution is 0.0998. The summed E-state index contributed by atoms with van der Waals surface area (Å²) in [5.41, 5.74) is 0.438. The number of hydrogen-bond acceptors (Lipinski definition) is 1. The number of carbonyl (C=O) groups is 1. The summed E-state index contributed by atoms with van der Waals surface area (Å²) in [5, 5.41) is 0. The summed E-state index contributed by atoms with van der Waals surface area (Å²) in [4.78, 5) is 11.0. The van der Waals surface area contributed by atoms with Gasteiger partial charge in [0, 0.05) is 11.1 Å². The van der Waals surface area contributed by atoms with Crippen LogP contribution in [0.15, 0.2) is 18.2 Å². The Morgan fingerprint density at radius 2 is 2.00 bits per heavy atom. The van der Waals surface area contributed by atoms with Crippen molar-refractivity contribution in [1.82, 2.24) is 0 Å². The zero-order valence-corrected chi connectivity index (χ0v) is 7.47. The van der Waals surface area contributed by atoms with E-state index < -0.39 is 6.43 Å². The molecule has 0 radical (unpaired) electrons. The summed E-state index contributed by atoms with van der Waals surface area (Å²) in [5.74, 6) is -0.320. The van der Waals surface area contributed by atoms with Gasteiger partial charge in [-0.1, -0.05) is 18.2 Å². The van der Waals surface area contributed by atoms with Crippen LogP contribution in [0.5, 0.6) is 0 Å². The number of Topliss-reactive ketones (excluding diaryl/α,β-unsaturated/α-hetero) is 1. The molecule has 0 spiro atoms. The molecule has 0 aliphatic heterocycles. The van der Waals surface area contributed by atoms with E-state index in [4.69, 9.17) is 0 Å². The molecule has 0 bridgehead atoms. The minimum Gasteiger partial charge on any atom is -0.294 e. The van der Waals surface area contributed by atoms with E-state index in [1.54, 1.807) is 19.1 Å². The van der Waals surface area contributed by atoms with Gasteiger partial charge >= 0.3 is 0 Å². The third kappa shape index (κ3) is 1.91. The van der Waals surface area contributed by atoms with E-state index >= 15 is 0 Å². The van der Waals surface area contributed by atoms with Crippen LogP contribution in [0.25, 0.3) is 0 Å². The van der Waals surface area contributed by atoms with Gasteiger partial charge in [-0.15, -0.1) is 0 Å². The molecule has 0 N–H and O–H groups in total. The quantitative estimate of drug-likeness (QED) is 0.645. The summed E-state index contributed by atoms with van der Waals surface area (Å²) < 4.78 is 25.0. The van der Waals surface area contributed by atoms with Crippen molar-refractivity contribution in [3.05, 3.63) is 34.9 Å². The summed E-state index contributed by atoms with van der Waals surface area (Å²) >= 11 is 0. The van der Waals surface area contributed by atoms with Gasteiger partial charge in [0.05, 0.1) is 0 Å². The molecule has 0 saturated carbocycles. The number of halogens is 2. The molecule has 0 heterocycles. The first-order valence-electron chi connectivity index (χ1n) is 3.92. The van der Waals surface area contributed by atoms with Gasteiger partial charge < -0.3 is 0 Å². The van der Waals surface area contributed by atoms with Crippen LogP contribution in [0.3, 0.4) is 0 Å². The third-order valence-corrected chi connectivity index (χ3v) is 1.92. The molecule has 1 aromatic rings. The number of aryl methyl sites for hydroxylation is 1. The lowest BCUT2D eigenvalue weighted by Crippen LogP contribution is -2.02. The van der Waals surface area contributed by atoms with Gasteiger partial charge in [0.1, 0.15) is 0 Å². The molecule has 1 nitrogen and oxygen atoms in total. The molecule has 0 fully saturated rings. The highest BCUT2D eigenvalue weighted by atomic mass is 19.3. The van der Waals surface area contributed by atoms with E-state index in [0.29, 0.717) is 5.56 Å². The molecule has 0 atom stereocenters. The Balaban J connectivity index is 3.34. The average Bonchev–Trinajstić information content (AvgIpc) is 2.02. The molecule has 3 heteroatoms. The topological polar surface area (TPSA) is 17.1 Å². The SMILES string of the molecule is CC(=O)c1cccc(C)c1C(F)F. The Bertz CT molecular complexity index is 332. The normalized spacial score (nSPS) is 10.5. The fourth-order valence-corrected chi connectivity index (χ4v) is 1.28. The van der Waals surface area contributed by atoms with E-state index in [1.165, 1.54) is 13.0 Å². The second-order valence-corrected chi connectivity index (χ2v) is 2.89. The smallest absolute Gasteiger partial charge is 0.264 e. The van der Waals surface area contributed by atoms with Crippen LogP contribution >= 0.6 is 0 Å². The highest BCUT2D eigenvalue weighted by molar-refractivity contribution is 5.95. The Kier molecular flexibility index (Phi) is 2.76. The monoisotopic (exact) mass is 184 g/mol. The summed E-state index contributed by atoms with van der Waals surface area (Å²) in [6, 6.07) is 4.61. The highest BCUT2D eigenvalue weighted by Crippen LogP contribution is 2.26. The summed E-state index contributed by atoms with van der Waals surface area (Å²) in [6.07, 6.45) is -2.58. The number of ketones is 1. The zero-order chi connectivity index (χ0) is 10.0. The van der Waals surface area contributed by atoms with Crippen LogP contribution in [-0.2, 0) is 0 Å². The molecule has 0 aliphatic rings. The second-order valence-electron chi connectivity index (χ2n) is 2.89. The van der Waals surface area contributed by atoms with Crippen molar-refractivity contribution in [3.63, 3.8) is 0 Å². The van der Waals surface area contributed by atoms with Crippen LogP contribution in [-0.4, -0.2) is 5.78 Å². The minimum absolute atomic E-state index is 0.120. The number of rotatable bonds is 2. The second kappa shape index (κ2) is 3.64. The maximum atomic E-state index is 12.5. The molecule has 1 aromatic carbocycles. The summed E-state index contributed by atoms with van der Waals surface area (Å²) in [7, 11) is 0. The number of hydrogen-bond donors (Lipinski definition) is 0. The zero-order valence-electron chi connectivity index (χ0n) is 7.47. The summed E-state index contributed by atoms with van der Waals surface area (Å²) in [6.45, 7) is 2.87. The van der Waals surface area contributed by atoms with Gasteiger partial charge in [-0.3, -0.25) is 4.79 Å². The fourth-order valence-electron chi connectivity index (χ4n) is 1.28. The Hall–Kier alpha value is -1.25. The number of alkyl halides is 2. The van der Waals surface area contributed by atoms with Crippen molar-refractivity contribution in [1.29, 1.82) is 0 Å². The van der Waals surface area contributed by atoms with Crippen LogP contribution in [0.4, 0.5) is 8.78 Å². The Morgan fingerprint density at radius 1 is 1.38 bits per heavy atom. The van der Waals surface area contributed by atoms with Crippen molar-refractivity contribution in [2.75, 3.05) is 0 Å². The first-order valence-corrected chi connectivity index (χ1v) is 3.92. The highest BCUT2D eigenvalue weighted by Gasteiger charge is 2.17. The molecular formula is C10H10F2O. The van der Waals surface area contributed by atoms with Crippen LogP contribution in [0.2, 0.25) is 0 Å². The van der Waals surface area contributed by atoms with E-state index in [9.17, 15) is 13.6 Å². The van der Waals surface area contributed by atoms with Gasteiger partial charge in [0.15, 0.2) is 5.78 Å². The largest absolute Gasteiger partial charge is 0.294 e. The van der Waals surface area contributed by atoms with Gasteiger partial charge in [-0.2, -0.15) is 0 Å². The van der Waals surface area contributed by atoms with Gasteiger partial charge in [0.2, 0.25) is 0 Å². The van der Waals surface area contributed by atoms with E-state index in [2.05, 4.69) is 0 Å². The Labute approximate surface area is 75.4 Å². The Morgan fingerprint density at radius 3 is 2.38 bits per heavy atom. The fraction of sp³-hybridized carbons (Fsp3) is 0.300. The van der Waals surface area contributed by atoms with Crippen molar-refractivity contribution in [3.8, 4) is 0 Å². The maximum absolute atomic E-state index is 12.5. The number of benzene rings is 1. The van der Waals surface area contributed by atoms with E-state index in [-0.39, 0.29) is 16.9 Å². The van der Waals surface area contributed by atoms with Gasteiger partial charge in [-0.25, -0.2) is 8.78 Å². The van der Waals surface area contributed by atoms with E-state index in [1.807, 2.05) is 0 Å². The average molecular weight is 184 g/mol. The molecule has 0 amide bonds. The lowest BCUT2D eigenvalue weighted by atomic mass is 10.00. The van der Waals surface area contributed by atoms with Crippen LogP contribution in [0, 0.1) is 6.92 Å². The molecule has 0 aromatic heterocycles.